The van der Waals surface area contributed by atoms with Gasteiger partial charge in [-0.05, 0) is 43.3 Å². The summed E-state index contributed by atoms with van der Waals surface area (Å²) >= 11 is 1.54. The number of rotatable bonds is 4. The lowest BCUT2D eigenvalue weighted by Crippen LogP contribution is -2.46. The van der Waals surface area contributed by atoms with Crippen molar-refractivity contribution in [2.75, 3.05) is 4.90 Å². The molecule has 2 amide bonds. The molecule has 28 heavy (non-hydrogen) atoms. The molecule has 7 heteroatoms. The largest absolute Gasteiger partial charge is 0.440 e. The molecule has 0 spiro atoms. The fourth-order valence-electron chi connectivity index (χ4n) is 3.79. The summed E-state index contributed by atoms with van der Waals surface area (Å²) in [5, 5.41) is 1.96. The van der Waals surface area contributed by atoms with Crippen LogP contribution in [0, 0.1) is 6.92 Å². The van der Waals surface area contributed by atoms with Crippen LogP contribution in [0.4, 0.5) is 5.69 Å². The lowest BCUT2D eigenvalue weighted by molar-refractivity contribution is -0.121. The molecule has 0 saturated heterocycles. The van der Waals surface area contributed by atoms with Crippen LogP contribution < -0.4 is 10.6 Å². The molecule has 0 saturated carbocycles. The van der Waals surface area contributed by atoms with Gasteiger partial charge in [0, 0.05) is 11.7 Å². The van der Waals surface area contributed by atoms with E-state index < -0.39 is 0 Å². The first-order chi connectivity index (χ1) is 13.5. The standard InChI is InChI=1S/C21H21N3O3S/c1-12-10-15(20(22)26)14-6-3-4-7-17(14)24(12)19(25)11-16-13(2)27-21(23-16)18-8-5-9-28-18/h3-9,12,15H,10-11H2,1-2H3,(H2,22,26)/t12-,15-/m0/s1. The number of primary amides is 1. The Labute approximate surface area is 167 Å². The van der Waals surface area contributed by atoms with Crippen molar-refractivity contribution >= 4 is 28.8 Å². The van der Waals surface area contributed by atoms with Crippen molar-refractivity contribution in [3.63, 3.8) is 0 Å². The SMILES string of the molecule is Cc1oc(-c2cccs2)nc1CC(=O)N1c2ccccc2[C@@H](C(N)=O)C[C@@H]1C. The van der Waals surface area contributed by atoms with Gasteiger partial charge in [-0.15, -0.1) is 11.3 Å². The third-order valence-electron chi connectivity index (χ3n) is 5.14. The van der Waals surface area contributed by atoms with E-state index in [0.29, 0.717) is 23.8 Å². The van der Waals surface area contributed by atoms with E-state index >= 15 is 0 Å². The normalized spacial score (nSPS) is 18.7. The minimum Gasteiger partial charge on any atom is -0.440 e. The highest BCUT2D eigenvalue weighted by molar-refractivity contribution is 7.13. The van der Waals surface area contributed by atoms with E-state index in [-0.39, 0.29) is 30.2 Å². The summed E-state index contributed by atoms with van der Waals surface area (Å²) in [6.07, 6.45) is 0.650. The Morgan fingerprint density at radius 2 is 2.07 bits per heavy atom. The number of aromatic nitrogens is 1. The number of anilines is 1. The van der Waals surface area contributed by atoms with Crippen LogP contribution in [0.25, 0.3) is 10.8 Å². The highest BCUT2D eigenvalue weighted by atomic mass is 32.1. The molecule has 1 aromatic carbocycles. The van der Waals surface area contributed by atoms with E-state index in [1.54, 1.807) is 16.2 Å². The van der Waals surface area contributed by atoms with Gasteiger partial charge in [-0.3, -0.25) is 9.59 Å². The van der Waals surface area contributed by atoms with Crippen LogP contribution in [0.3, 0.4) is 0 Å². The van der Waals surface area contributed by atoms with Gasteiger partial charge in [-0.1, -0.05) is 24.3 Å². The van der Waals surface area contributed by atoms with Gasteiger partial charge in [0.05, 0.1) is 22.9 Å². The predicted molar refractivity (Wildman–Crippen MR) is 108 cm³/mol. The topological polar surface area (TPSA) is 89.4 Å². The lowest BCUT2D eigenvalue weighted by Gasteiger charge is -2.38. The van der Waals surface area contributed by atoms with Gasteiger partial charge in [0.1, 0.15) is 5.76 Å². The Morgan fingerprint density at radius 3 is 2.79 bits per heavy atom. The quantitative estimate of drug-likeness (QED) is 0.730. The minimum absolute atomic E-state index is 0.0722. The van der Waals surface area contributed by atoms with Crippen LogP contribution in [-0.2, 0) is 16.0 Å². The Balaban J connectivity index is 1.63. The third-order valence-corrected chi connectivity index (χ3v) is 6.00. The van der Waals surface area contributed by atoms with Crippen LogP contribution in [0.1, 0.15) is 36.3 Å². The second-order valence-corrected chi connectivity index (χ2v) is 7.99. The van der Waals surface area contributed by atoms with E-state index in [1.807, 2.05) is 55.6 Å². The molecule has 3 aromatic rings. The molecular weight excluding hydrogens is 374 g/mol. The van der Waals surface area contributed by atoms with E-state index in [9.17, 15) is 9.59 Å². The highest BCUT2D eigenvalue weighted by Crippen LogP contribution is 2.38. The van der Waals surface area contributed by atoms with Gasteiger partial charge in [0.25, 0.3) is 0 Å². The molecule has 2 N–H and O–H groups in total. The van der Waals surface area contributed by atoms with Gasteiger partial charge in [0.15, 0.2) is 0 Å². The van der Waals surface area contributed by atoms with E-state index in [4.69, 9.17) is 10.2 Å². The summed E-state index contributed by atoms with van der Waals surface area (Å²) in [4.78, 5) is 32.3. The highest BCUT2D eigenvalue weighted by Gasteiger charge is 2.36. The third kappa shape index (κ3) is 3.22. The monoisotopic (exact) mass is 395 g/mol. The summed E-state index contributed by atoms with van der Waals surface area (Å²) in [7, 11) is 0. The first-order valence-corrected chi connectivity index (χ1v) is 10.0. The number of carbonyl (C=O) groups excluding carboxylic acids is 2. The summed E-state index contributed by atoms with van der Waals surface area (Å²) < 4.78 is 5.76. The van der Waals surface area contributed by atoms with Gasteiger partial charge in [-0.2, -0.15) is 0 Å². The average Bonchev–Trinajstić information content (AvgIpc) is 3.31. The Kier molecular flexibility index (Phi) is 4.77. The predicted octanol–water partition coefficient (Wildman–Crippen LogP) is 3.65. The van der Waals surface area contributed by atoms with Crippen molar-refractivity contribution in [2.45, 2.75) is 38.6 Å². The molecule has 4 rings (SSSR count). The fourth-order valence-corrected chi connectivity index (χ4v) is 4.44. The van der Waals surface area contributed by atoms with Crippen LogP contribution in [-0.4, -0.2) is 22.8 Å². The van der Waals surface area contributed by atoms with Crippen molar-refractivity contribution in [3.8, 4) is 10.8 Å². The maximum atomic E-state index is 13.2. The summed E-state index contributed by atoms with van der Waals surface area (Å²) in [6, 6.07) is 11.2. The molecule has 2 aromatic heterocycles. The van der Waals surface area contributed by atoms with Gasteiger partial charge in [0.2, 0.25) is 17.7 Å². The number of amides is 2. The zero-order valence-electron chi connectivity index (χ0n) is 15.7. The second kappa shape index (κ2) is 7.24. The molecule has 0 unspecified atom stereocenters. The molecule has 1 aliphatic rings. The molecule has 2 atom stereocenters. The Morgan fingerprint density at radius 1 is 1.29 bits per heavy atom. The number of fused-ring (bicyclic) bond motifs is 1. The number of benzene rings is 1. The first-order valence-electron chi connectivity index (χ1n) is 9.16. The smallest absolute Gasteiger partial charge is 0.236 e. The van der Waals surface area contributed by atoms with Crippen molar-refractivity contribution in [1.82, 2.24) is 4.98 Å². The number of oxazole rings is 1. The van der Waals surface area contributed by atoms with Crippen LogP contribution in [0.15, 0.2) is 46.2 Å². The van der Waals surface area contributed by atoms with Crippen LogP contribution in [0.2, 0.25) is 0 Å². The Bertz CT molecular complexity index is 1030. The minimum atomic E-state index is -0.380. The second-order valence-electron chi connectivity index (χ2n) is 7.04. The zero-order valence-corrected chi connectivity index (χ0v) is 16.5. The zero-order chi connectivity index (χ0) is 19.8. The fraction of sp³-hybridized carbons (Fsp3) is 0.286. The van der Waals surface area contributed by atoms with Gasteiger partial charge < -0.3 is 15.1 Å². The number of para-hydroxylation sites is 1. The van der Waals surface area contributed by atoms with Crippen molar-refractivity contribution < 1.29 is 14.0 Å². The number of nitrogens with zero attached hydrogens (tertiary/aromatic N) is 2. The van der Waals surface area contributed by atoms with Crippen molar-refractivity contribution in [3.05, 3.63) is 58.8 Å². The van der Waals surface area contributed by atoms with Crippen LogP contribution in [0.5, 0.6) is 0 Å². The number of carbonyl (C=O) groups is 2. The summed E-state index contributed by atoms with van der Waals surface area (Å²) in [6.45, 7) is 3.76. The number of aryl methyl sites for hydroxylation is 1. The number of nitrogens with two attached hydrogens (primary N) is 1. The van der Waals surface area contributed by atoms with Gasteiger partial charge >= 0.3 is 0 Å². The van der Waals surface area contributed by atoms with E-state index in [2.05, 4.69) is 4.98 Å². The molecular formula is C21H21N3O3S. The van der Waals surface area contributed by atoms with E-state index in [0.717, 1.165) is 16.1 Å². The number of hydrogen-bond donors (Lipinski definition) is 1. The molecule has 144 valence electrons. The summed E-state index contributed by atoms with van der Waals surface area (Å²) in [5.41, 5.74) is 7.78. The number of thiophene rings is 1. The van der Waals surface area contributed by atoms with Crippen molar-refractivity contribution in [2.24, 2.45) is 5.73 Å². The molecule has 0 radical (unpaired) electrons. The molecule has 0 fully saturated rings. The maximum Gasteiger partial charge on any atom is 0.236 e. The lowest BCUT2D eigenvalue weighted by atomic mass is 9.85. The maximum absolute atomic E-state index is 13.2. The molecule has 6 nitrogen and oxygen atoms in total. The van der Waals surface area contributed by atoms with E-state index in [1.165, 1.54) is 0 Å². The molecule has 1 aliphatic heterocycles. The molecule has 0 bridgehead atoms. The van der Waals surface area contributed by atoms with Crippen molar-refractivity contribution in [1.29, 1.82) is 0 Å². The molecule has 0 aliphatic carbocycles. The Hall–Kier alpha value is -2.93. The first kappa shape index (κ1) is 18.4. The summed E-state index contributed by atoms with van der Waals surface area (Å²) in [5.74, 6) is 0.367. The van der Waals surface area contributed by atoms with Crippen LogP contribution >= 0.6 is 11.3 Å². The number of hydrogen-bond acceptors (Lipinski definition) is 5. The molecule has 3 heterocycles. The average molecular weight is 395 g/mol. The van der Waals surface area contributed by atoms with Gasteiger partial charge in [-0.25, -0.2) is 4.98 Å².